The van der Waals surface area contributed by atoms with Gasteiger partial charge in [0.2, 0.25) is 0 Å². The molecule has 0 N–H and O–H groups in total. The number of likely N-dealkylation sites (tertiary alicyclic amines) is 1. The fourth-order valence-corrected chi connectivity index (χ4v) is 2.48. The molecule has 104 valence electrons. The van der Waals surface area contributed by atoms with Crippen molar-refractivity contribution in [2.45, 2.75) is 18.9 Å². The highest BCUT2D eigenvalue weighted by Gasteiger charge is 2.23. The number of likely N-dealkylation sites (N-methyl/N-ethyl adjacent to an activating group) is 1. The van der Waals surface area contributed by atoms with Gasteiger partial charge in [-0.15, -0.1) is 0 Å². The van der Waals surface area contributed by atoms with Gasteiger partial charge in [-0.3, -0.25) is 4.79 Å². The van der Waals surface area contributed by atoms with Crippen LogP contribution < -0.4 is 0 Å². The Hall–Kier alpha value is -1.26. The molecule has 0 bridgehead atoms. The summed E-state index contributed by atoms with van der Waals surface area (Å²) in [7, 11) is 4.19. The SMILES string of the molecule is CN(C)C1CCN(CCC(=O)c2ccc(F)cc2)C1. The normalized spacial score (nSPS) is 20.1. The summed E-state index contributed by atoms with van der Waals surface area (Å²) < 4.78 is 12.8. The predicted molar refractivity (Wildman–Crippen MR) is 73.9 cm³/mol. The molecule has 0 spiro atoms. The van der Waals surface area contributed by atoms with Gasteiger partial charge < -0.3 is 9.80 Å². The van der Waals surface area contributed by atoms with E-state index in [-0.39, 0.29) is 11.6 Å². The largest absolute Gasteiger partial charge is 0.305 e. The van der Waals surface area contributed by atoms with Crippen LogP contribution in [0.15, 0.2) is 24.3 Å². The van der Waals surface area contributed by atoms with E-state index in [1.54, 1.807) is 12.1 Å². The Morgan fingerprint density at radius 3 is 2.63 bits per heavy atom. The summed E-state index contributed by atoms with van der Waals surface area (Å²) in [6.07, 6.45) is 1.67. The van der Waals surface area contributed by atoms with Crippen LogP contribution in [-0.4, -0.2) is 55.4 Å². The van der Waals surface area contributed by atoms with Gasteiger partial charge in [-0.05, 0) is 51.3 Å². The summed E-state index contributed by atoms with van der Waals surface area (Å²) >= 11 is 0. The molecule has 1 heterocycles. The molecule has 1 atom stereocenters. The fourth-order valence-electron chi connectivity index (χ4n) is 2.48. The molecule has 0 saturated carbocycles. The monoisotopic (exact) mass is 264 g/mol. The summed E-state index contributed by atoms with van der Waals surface area (Å²) in [5.74, 6) is -0.210. The number of carbonyl (C=O) groups excluding carboxylic acids is 1. The average Bonchev–Trinajstić information content (AvgIpc) is 2.86. The molecule has 0 radical (unpaired) electrons. The van der Waals surface area contributed by atoms with E-state index >= 15 is 0 Å². The minimum Gasteiger partial charge on any atom is -0.305 e. The molecule has 1 aliphatic heterocycles. The molecule has 1 saturated heterocycles. The highest BCUT2D eigenvalue weighted by atomic mass is 19.1. The van der Waals surface area contributed by atoms with Gasteiger partial charge in [0, 0.05) is 31.1 Å². The van der Waals surface area contributed by atoms with Crippen LogP contribution in [0.1, 0.15) is 23.2 Å². The number of nitrogens with zero attached hydrogens (tertiary/aromatic N) is 2. The molecule has 1 aromatic carbocycles. The third-order valence-corrected chi connectivity index (χ3v) is 3.80. The molecule has 0 amide bonds. The van der Waals surface area contributed by atoms with Crippen LogP contribution in [0.25, 0.3) is 0 Å². The van der Waals surface area contributed by atoms with Crippen molar-refractivity contribution >= 4 is 5.78 Å². The number of hydrogen-bond acceptors (Lipinski definition) is 3. The van der Waals surface area contributed by atoms with Crippen molar-refractivity contribution in [3.63, 3.8) is 0 Å². The lowest BCUT2D eigenvalue weighted by Crippen LogP contribution is -2.32. The zero-order valence-electron chi connectivity index (χ0n) is 11.6. The van der Waals surface area contributed by atoms with E-state index in [9.17, 15) is 9.18 Å². The Balaban J connectivity index is 1.80. The molecule has 1 fully saturated rings. The zero-order valence-corrected chi connectivity index (χ0v) is 11.6. The van der Waals surface area contributed by atoms with Crippen molar-refractivity contribution < 1.29 is 9.18 Å². The lowest BCUT2D eigenvalue weighted by molar-refractivity contribution is 0.0967. The number of hydrogen-bond donors (Lipinski definition) is 0. The Morgan fingerprint density at radius 1 is 1.37 bits per heavy atom. The van der Waals surface area contributed by atoms with Crippen LogP contribution in [0, 0.1) is 5.82 Å². The molecule has 3 nitrogen and oxygen atoms in total. The lowest BCUT2D eigenvalue weighted by atomic mass is 10.1. The van der Waals surface area contributed by atoms with E-state index in [2.05, 4.69) is 23.9 Å². The summed E-state index contributed by atoms with van der Waals surface area (Å²) in [5, 5.41) is 0. The van der Waals surface area contributed by atoms with Gasteiger partial charge >= 0.3 is 0 Å². The van der Waals surface area contributed by atoms with E-state index in [4.69, 9.17) is 0 Å². The molecule has 4 heteroatoms. The van der Waals surface area contributed by atoms with E-state index in [0.717, 1.165) is 26.1 Å². The Kier molecular flexibility index (Phi) is 4.66. The Bertz CT molecular complexity index is 430. The zero-order chi connectivity index (χ0) is 13.8. The molecule has 1 aliphatic rings. The molecular formula is C15H21FN2O. The number of benzene rings is 1. The summed E-state index contributed by atoms with van der Waals surface area (Å²) in [4.78, 5) is 16.5. The van der Waals surface area contributed by atoms with E-state index in [1.165, 1.54) is 12.1 Å². The van der Waals surface area contributed by atoms with Crippen LogP contribution in [-0.2, 0) is 0 Å². The van der Waals surface area contributed by atoms with Crippen LogP contribution in [0.5, 0.6) is 0 Å². The van der Waals surface area contributed by atoms with Gasteiger partial charge in [-0.2, -0.15) is 0 Å². The third-order valence-electron chi connectivity index (χ3n) is 3.80. The Labute approximate surface area is 114 Å². The van der Waals surface area contributed by atoms with Gasteiger partial charge in [0.05, 0.1) is 0 Å². The molecule has 2 rings (SSSR count). The van der Waals surface area contributed by atoms with E-state index in [0.29, 0.717) is 18.0 Å². The first kappa shape index (κ1) is 14.2. The van der Waals surface area contributed by atoms with Crippen molar-refractivity contribution in [1.82, 2.24) is 9.80 Å². The highest BCUT2D eigenvalue weighted by molar-refractivity contribution is 5.96. The second-order valence-electron chi connectivity index (χ2n) is 5.39. The molecule has 1 aromatic rings. The number of carbonyl (C=O) groups is 1. The lowest BCUT2D eigenvalue weighted by Gasteiger charge is -2.20. The van der Waals surface area contributed by atoms with Gasteiger partial charge in [-0.25, -0.2) is 4.39 Å². The smallest absolute Gasteiger partial charge is 0.164 e. The van der Waals surface area contributed by atoms with Crippen LogP contribution in [0.4, 0.5) is 4.39 Å². The first-order chi connectivity index (χ1) is 9.06. The highest BCUT2D eigenvalue weighted by Crippen LogP contribution is 2.14. The van der Waals surface area contributed by atoms with Gasteiger partial charge in [0.25, 0.3) is 0 Å². The fraction of sp³-hybridized carbons (Fsp3) is 0.533. The maximum Gasteiger partial charge on any atom is 0.164 e. The van der Waals surface area contributed by atoms with Crippen molar-refractivity contribution in [2.24, 2.45) is 0 Å². The second-order valence-corrected chi connectivity index (χ2v) is 5.39. The summed E-state index contributed by atoms with van der Waals surface area (Å²) in [6, 6.07) is 6.39. The van der Waals surface area contributed by atoms with Crippen LogP contribution >= 0.6 is 0 Å². The molecular weight excluding hydrogens is 243 g/mol. The van der Waals surface area contributed by atoms with Crippen molar-refractivity contribution in [2.75, 3.05) is 33.7 Å². The van der Waals surface area contributed by atoms with Crippen LogP contribution in [0.2, 0.25) is 0 Å². The molecule has 1 unspecified atom stereocenters. The van der Waals surface area contributed by atoms with E-state index < -0.39 is 0 Å². The topological polar surface area (TPSA) is 23.6 Å². The minimum atomic E-state index is -0.301. The van der Waals surface area contributed by atoms with Crippen molar-refractivity contribution in [1.29, 1.82) is 0 Å². The third kappa shape index (κ3) is 3.85. The Morgan fingerprint density at radius 2 is 2.05 bits per heavy atom. The summed E-state index contributed by atoms with van der Waals surface area (Å²) in [5.41, 5.74) is 0.602. The first-order valence-corrected chi connectivity index (χ1v) is 6.74. The average molecular weight is 264 g/mol. The molecule has 19 heavy (non-hydrogen) atoms. The van der Waals surface area contributed by atoms with Gasteiger partial charge in [0.15, 0.2) is 5.78 Å². The second kappa shape index (κ2) is 6.26. The minimum absolute atomic E-state index is 0.0910. The maximum atomic E-state index is 12.8. The number of rotatable bonds is 5. The van der Waals surface area contributed by atoms with Crippen molar-refractivity contribution in [3.05, 3.63) is 35.6 Å². The van der Waals surface area contributed by atoms with Crippen molar-refractivity contribution in [3.8, 4) is 0 Å². The predicted octanol–water partition coefficient (Wildman–Crippen LogP) is 2.03. The standard InChI is InChI=1S/C15H21FN2O/c1-17(2)14-7-9-18(11-14)10-8-15(19)12-3-5-13(16)6-4-12/h3-6,14H,7-11H2,1-2H3. The quantitative estimate of drug-likeness (QED) is 0.760. The first-order valence-electron chi connectivity index (χ1n) is 6.74. The summed E-state index contributed by atoms with van der Waals surface area (Å²) in [6.45, 7) is 2.88. The number of ketones is 1. The number of halogens is 1. The van der Waals surface area contributed by atoms with Gasteiger partial charge in [-0.1, -0.05) is 0 Å². The molecule has 0 aromatic heterocycles. The van der Waals surface area contributed by atoms with E-state index in [1.807, 2.05) is 0 Å². The van der Waals surface area contributed by atoms with Crippen LogP contribution in [0.3, 0.4) is 0 Å². The number of Topliss-reactive ketones (excluding diaryl/α,β-unsaturated/α-hetero) is 1. The van der Waals surface area contributed by atoms with Gasteiger partial charge in [0.1, 0.15) is 5.82 Å². The molecule has 0 aliphatic carbocycles. The maximum absolute atomic E-state index is 12.8.